The van der Waals surface area contributed by atoms with Crippen molar-refractivity contribution in [3.63, 3.8) is 0 Å². The molecule has 0 aliphatic heterocycles. The molecule has 12 heavy (non-hydrogen) atoms. The topological polar surface area (TPSA) is 109 Å². The van der Waals surface area contributed by atoms with Gasteiger partial charge in [-0.05, 0) is 0 Å². The summed E-state index contributed by atoms with van der Waals surface area (Å²) in [4.78, 5) is 0. The van der Waals surface area contributed by atoms with Gasteiger partial charge in [-0.25, -0.2) is 0 Å². The lowest BCUT2D eigenvalue weighted by Gasteiger charge is -1.88. The molecule has 0 spiro atoms. The standard InChI is InChI=1S/C4H8O6S2/c5-11(6,7)3-1-2-4-12(8,9)10/h1-2H,3-4H2,(H,5,6,7)(H,8,9,10)/b2-1+. The molecule has 0 radical (unpaired) electrons. The third-order valence-corrected chi connectivity index (χ3v) is 2.01. The first-order valence-electron chi connectivity index (χ1n) is 2.76. The van der Waals surface area contributed by atoms with Gasteiger partial charge in [0, 0.05) is 0 Å². The fourth-order valence-corrected chi connectivity index (χ4v) is 1.14. The van der Waals surface area contributed by atoms with Crippen LogP contribution >= 0.6 is 0 Å². The van der Waals surface area contributed by atoms with Crippen molar-refractivity contribution in [3.8, 4) is 0 Å². The summed E-state index contributed by atoms with van der Waals surface area (Å²) >= 11 is 0. The molecule has 0 atom stereocenters. The van der Waals surface area contributed by atoms with Crippen LogP contribution in [-0.2, 0) is 20.2 Å². The summed E-state index contributed by atoms with van der Waals surface area (Å²) in [5.41, 5.74) is 0. The van der Waals surface area contributed by atoms with Gasteiger partial charge < -0.3 is 0 Å². The Labute approximate surface area is 70.4 Å². The molecule has 2 N–H and O–H groups in total. The van der Waals surface area contributed by atoms with Crippen LogP contribution in [0.15, 0.2) is 12.2 Å². The predicted octanol–water partition coefficient (Wildman–Crippen LogP) is -0.682. The van der Waals surface area contributed by atoms with Crippen LogP contribution in [0.2, 0.25) is 0 Å². The molecule has 0 aromatic carbocycles. The zero-order chi connectivity index (χ0) is 9.83. The Morgan fingerprint density at radius 1 is 0.833 bits per heavy atom. The Bertz CT molecular complexity index is 311. The van der Waals surface area contributed by atoms with Crippen LogP contribution in [-0.4, -0.2) is 37.4 Å². The van der Waals surface area contributed by atoms with E-state index in [1.807, 2.05) is 0 Å². The summed E-state index contributed by atoms with van der Waals surface area (Å²) in [5, 5.41) is 0. The highest BCUT2D eigenvalue weighted by Crippen LogP contribution is 1.87. The molecule has 0 fully saturated rings. The van der Waals surface area contributed by atoms with Crippen molar-refractivity contribution in [1.29, 1.82) is 0 Å². The molecule has 0 aromatic rings. The van der Waals surface area contributed by atoms with Crippen LogP contribution in [0.4, 0.5) is 0 Å². The molecule has 0 aliphatic carbocycles. The van der Waals surface area contributed by atoms with E-state index in [4.69, 9.17) is 9.11 Å². The van der Waals surface area contributed by atoms with Crippen molar-refractivity contribution in [2.45, 2.75) is 0 Å². The quantitative estimate of drug-likeness (QED) is 0.476. The molecular formula is C4H8O6S2. The van der Waals surface area contributed by atoms with E-state index in [2.05, 4.69) is 0 Å². The maximum atomic E-state index is 10.0. The minimum atomic E-state index is -4.11. The van der Waals surface area contributed by atoms with E-state index < -0.39 is 31.7 Å². The van der Waals surface area contributed by atoms with E-state index in [9.17, 15) is 16.8 Å². The van der Waals surface area contributed by atoms with Crippen LogP contribution < -0.4 is 0 Å². The van der Waals surface area contributed by atoms with Crippen molar-refractivity contribution in [3.05, 3.63) is 12.2 Å². The van der Waals surface area contributed by atoms with E-state index >= 15 is 0 Å². The largest absolute Gasteiger partial charge is 0.285 e. The second-order valence-electron chi connectivity index (χ2n) is 1.97. The van der Waals surface area contributed by atoms with Crippen molar-refractivity contribution >= 4 is 20.2 Å². The maximum absolute atomic E-state index is 10.0. The van der Waals surface area contributed by atoms with Gasteiger partial charge in [0.15, 0.2) is 0 Å². The van der Waals surface area contributed by atoms with Crippen molar-refractivity contribution in [1.82, 2.24) is 0 Å². The molecule has 0 unspecified atom stereocenters. The van der Waals surface area contributed by atoms with E-state index in [0.29, 0.717) is 0 Å². The second-order valence-corrected chi connectivity index (χ2v) is 4.96. The smallest absolute Gasteiger partial charge is 0.268 e. The predicted molar refractivity (Wildman–Crippen MR) is 42.0 cm³/mol. The molecule has 8 heteroatoms. The molecule has 0 saturated carbocycles. The zero-order valence-corrected chi connectivity index (χ0v) is 7.55. The third kappa shape index (κ3) is 9.56. The van der Waals surface area contributed by atoms with Crippen molar-refractivity contribution in [2.75, 3.05) is 11.5 Å². The van der Waals surface area contributed by atoms with E-state index in [1.54, 1.807) is 0 Å². The molecule has 0 aliphatic rings. The lowest BCUT2D eigenvalue weighted by atomic mass is 10.6. The number of hydrogen-bond donors (Lipinski definition) is 2. The maximum Gasteiger partial charge on any atom is 0.268 e. The average molecular weight is 216 g/mol. The highest BCUT2D eigenvalue weighted by Gasteiger charge is 2.01. The molecule has 0 amide bonds. The first kappa shape index (κ1) is 11.6. The molecular weight excluding hydrogens is 208 g/mol. The lowest BCUT2D eigenvalue weighted by molar-refractivity contribution is 0.483. The van der Waals surface area contributed by atoms with Crippen molar-refractivity contribution < 1.29 is 25.9 Å². The first-order chi connectivity index (χ1) is 5.21. The van der Waals surface area contributed by atoms with Gasteiger partial charge >= 0.3 is 0 Å². The average Bonchev–Trinajstić information content (AvgIpc) is 1.76. The third-order valence-electron chi connectivity index (χ3n) is 0.780. The fourth-order valence-electron chi connectivity index (χ4n) is 0.379. The van der Waals surface area contributed by atoms with Crippen LogP contribution in [0.1, 0.15) is 0 Å². The van der Waals surface area contributed by atoms with Gasteiger partial charge in [-0.3, -0.25) is 9.11 Å². The Morgan fingerprint density at radius 3 is 1.25 bits per heavy atom. The molecule has 72 valence electrons. The van der Waals surface area contributed by atoms with Gasteiger partial charge in [-0.15, -0.1) is 0 Å². The Balaban J connectivity index is 3.98. The SMILES string of the molecule is O=S(=O)(O)C/C=C/CS(=O)(=O)O. The van der Waals surface area contributed by atoms with Crippen LogP contribution in [0.5, 0.6) is 0 Å². The Kier molecular flexibility index (Phi) is 3.84. The van der Waals surface area contributed by atoms with Gasteiger partial charge in [-0.2, -0.15) is 16.8 Å². The lowest BCUT2D eigenvalue weighted by Crippen LogP contribution is -2.03. The monoisotopic (exact) mass is 216 g/mol. The van der Waals surface area contributed by atoms with Gasteiger partial charge in [-0.1, -0.05) is 12.2 Å². The molecule has 0 aromatic heterocycles. The minimum absolute atomic E-state index is 0.664. The molecule has 0 saturated heterocycles. The number of hydrogen-bond acceptors (Lipinski definition) is 4. The van der Waals surface area contributed by atoms with Crippen LogP contribution in [0.3, 0.4) is 0 Å². The molecule has 0 rings (SSSR count). The summed E-state index contributed by atoms with van der Waals surface area (Å²) in [7, 11) is -8.21. The molecule has 0 heterocycles. The summed E-state index contributed by atoms with van der Waals surface area (Å²) in [6, 6.07) is 0. The Hall–Kier alpha value is -0.440. The Morgan fingerprint density at radius 2 is 1.08 bits per heavy atom. The van der Waals surface area contributed by atoms with Gasteiger partial charge in [0.25, 0.3) is 20.2 Å². The normalized spacial score (nSPS) is 13.8. The van der Waals surface area contributed by atoms with Gasteiger partial charge in [0.2, 0.25) is 0 Å². The highest BCUT2D eigenvalue weighted by molar-refractivity contribution is 7.86. The summed E-state index contributed by atoms with van der Waals surface area (Å²) in [6.45, 7) is 0. The van der Waals surface area contributed by atoms with E-state index in [0.717, 1.165) is 12.2 Å². The summed E-state index contributed by atoms with van der Waals surface area (Å²) in [6.07, 6.45) is 1.87. The van der Waals surface area contributed by atoms with Crippen LogP contribution in [0.25, 0.3) is 0 Å². The highest BCUT2D eigenvalue weighted by atomic mass is 32.2. The van der Waals surface area contributed by atoms with Crippen molar-refractivity contribution in [2.24, 2.45) is 0 Å². The van der Waals surface area contributed by atoms with E-state index in [-0.39, 0.29) is 0 Å². The summed E-state index contributed by atoms with van der Waals surface area (Å²) in [5.74, 6) is -1.33. The molecule has 0 bridgehead atoms. The van der Waals surface area contributed by atoms with Gasteiger partial charge in [0.1, 0.15) is 0 Å². The summed E-state index contributed by atoms with van der Waals surface area (Å²) < 4.78 is 56.5. The first-order valence-corrected chi connectivity index (χ1v) is 5.98. The van der Waals surface area contributed by atoms with Crippen LogP contribution in [0, 0.1) is 0 Å². The molecule has 6 nitrogen and oxygen atoms in total. The minimum Gasteiger partial charge on any atom is -0.285 e. The van der Waals surface area contributed by atoms with Gasteiger partial charge in [0.05, 0.1) is 11.5 Å². The second kappa shape index (κ2) is 3.99. The number of rotatable bonds is 4. The zero-order valence-electron chi connectivity index (χ0n) is 5.91. The van der Waals surface area contributed by atoms with E-state index in [1.165, 1.54) is 0 Å². The fraction of sp³-hybridized carbons (Fsp3) is 0.500.